The molecule has 0 saturated carbocycles. The smallest absolute Gasteiger partial charge is 0.342 e. The van der Waals surface area contributed by atoms with E-state index in [0.29, 0.717) is 11.5 Å². The SMILES string of the molecule is Cc1nc2ccccc2n1-c1ccc([N+](=O)[O-])c(C(=O)O)c1. The zero-order chi connectivity index (χ0) is 15.9. The molecule has 1 aromatic heterocycles. The lowest BCUT2D eigenvalue weighted by molar-refractivity contribution is -0.385. The lowest BCUT2D eigenvalue weighted by atomic mass is 10.1. The molecule has 7 nitrogen and oxygen atoms in total. The fraction of sp³-hybridized carbons (Fsp3) is 0.0667. The van der Waals surface area contributed by atoms with E-state index in [0.717, 1.165) is 11.0 Å². The Morgan fingerprint density at radius 2 is 2.00 bits per heavy atom. The number of fused-ring (bicyclic) bond motifs is 1. The van der Waals surface area contributed by atoms with Gasteiger partial charge in [-0.15, -0.1) is 0 Å². The van der Waals surface area contributed by atoms with Crippen LogP contribution in [0.5, 0.6) is 0 Å². The van der Waals surface area contributed by atoms with Gasteiger partial charge in [0.1, 0.15) is 11.4 Å². The summed E-state index contributed by atoms with van der Waals surface area (Å²) in [6.07, 6.45) is 0. The molecule has 0 unspecified atom stereocenters. The number of nitro benzene ring substituents is 1. The first-order chi connectivity index (χ1) is 10.5. The average Bonchev–Trinajstić information content (AvgIpc) is 2.82. The van der Waals surface area contributed by atoms with Gasteiger partial charge in [-0.1, -0.05) is 12.1 Å². The summed E-state index contributed by atoms with van der Waals surface area (Å²) in [5.74, 6) is -0.665. The highest BCUT2D eigenvalue weighted by molar-refractivity contribution is 5.93. The predicted molar refractivity (Wildman–Crippen MR) is 79.4 cm³/mol. The van der Waals surface area contributed by atoms with Crippen LogP contribution in [-0.4, -0.2) is 25.6 Å². The molecule has 0 spiro atoms. The number of benzene rings is 2. The number of para-hydroxylation sites is 2. The Hall–Kier alpha value is -3.22. The minimum absolute atomic E-state index is 0.348. The van der Waals surface area contributed by atoms with E-state index in [1.54, 1.807) is 11.5 Å². The van der Waals surface area contributed by atoms with E-state index in [1.807, 2.05) is 24.3 Å². The van der Waals surface area contributed by atoms with Crippen LogP contribution in [0, 0.1) is 17.0 Å². The molecule has 0 radical (unpaired) electrons. The standard InChI is InChI=1S/C15H11N3O4/c1-9-16-12-4-2-3-5-14(12)17(9)10-6-7-13(18(21)22)11(8-10)15(19)20/h2-8H,1H3,(H,19,20). The van der Waals surface area contributed by atoms with Gasteiger partial charge in [-0.25, -0.2) is 9.78 Å². The number of hydrogen-bond acceptors (Lipinski definition) is 4. The van der Waals surface area contributed by atoms with E-state index in [4.69, 9.17) is 0 Å². The third kappa shape index (κ3) is 2.08. The molecule has 0 aliphatic rings. The summed E-state index contributed by atoms with van der Waals surface area (Å²) in [4.78, 5) is 25.9. The lowest BCUT2D eigenvalue weighted by Gasteiger charge is -2.08. The lowest BCUT2D eigenvalue weighted by Crippen LogP contribution is -2.05. The molecular formula is C15H11N3O4. The van der Waals surface area contributed by atoms with Crippen LogP contribution in [-0.2, 0) is 0 Å². The second-order valence-electron chi connectivity index (χ2n) is 4.75. The number of rotatable bonds is 3. The van der Waals surface area contributed by atoms with Crippen molar-refractivity contribution in [2.45, 2.75) is 6.92 Å². The number of aromatic nitrogens is 2. The Kier molecular flexibility index (Phi) is 3.10. The van der Waals surface area contributed by atoms with Crippen molar-refractivity contribution in [3.63, 3.8) is 0 Å². The summed E-state index contributed by atoms with van der Waals surface area (Å²) in [7, 11) is 0. The minimum Gasteiger partial charge on any atom is -0.477 e. The number of aromatic carboxylic acids is 1. The van der Waals surface area contributed by atoms with Crippen LogP contribution in [0.4, 0.5) is 5.69 Å². The summed E-state index contributed by atoms with van der Waals surface area (Å²) in [6, 6.07) is 11.4. The second-order valence-corrected chi connectivity index (χ2v) is 4.75. The summed E-state index contributed by atoms with van der Waals surface area (Å²) < 4.78 is 1.77. The fourth-order valence-corrected chi connectivity index (χ4v) is 2.47. The molecule has 0 amide bonds. The largest absolute Gasteiger partial charge is 0.477 e. The molecular weight excluding hydrogens is 286 g/mol. The van der Waals surface area contributed by atoms with Crippen LogP contribution < -0.4 is 0 Å². The third-order valence-electron chi connectivity index (χ3n) is 3.39. The van der Waals surface area contributed by atoms with Crippen LogP contribution in [0.15, 0.2) is 42.5 Å². The summed E-state index contributed by atoms with van der Waals surface area (Å²) >= 11 is 0. The molecule has 22 heavy (non-hydrogen) atoms. The molecule has 0 saturated heterocycles. The van der Waals surface area contributed by atoms with Crippen LogP contribution in [0.2, 0.25) is 0 Å². The number of carbonyl (C=O) groups is 1. The number of hydrogen-bond donors (Lipinski definition) is 1. The van der Waals surface area contributed by atoms with E-state index in [9.17, 15) is 20.0 Å². The van der Waals surface area contributed by atoms with Crippen molar-refractivity contribution in [1.29, 1.82) is 0 Å². The van der Waals surface area contributed by atoms with Gasteiger partial charge in [0, 0.05) is 11.8 Å². The second kappa shape index (κ2) is 4.96. The number of carboxylic acids is 1. The van der Waals surface area contributed by atoms with Crippen LogP contribution in [0.1, 0.15) is 16.2 Å². The number of aryl methyl sites for hydroxylation is 1. The molecule has 1 N–H and O–H groups in total. The van der Waals surface area contributed by atoms with Crippen molar-refractivity contribution in [1.82, 2.24) is 9.55 Å². The van der Waals surface area contributed by atoms with E-state index < -0.39 is 16.6 Å². The maximum Gasteiger partial charge on any atom is 0.342 e. The van der Waals surface area contributed by atoms with Crippen molar-refractivity contribution in [2.75, 3.05) is 0 Å². The molecule has 0 aliphatic heterocycles. The normalized spacial score (nSPS) is 10.8. The monoisotopic (exact) mass is 297 g/mol. The topological polar surface area (TPSA) is 98.3 Å². The quantitative estimate of drug-likeness (QED) is 0.592. The Bertz CT molecular complexity index is 914. The molecule has 2 aromatic carbocycles. The maximum atomic E-state index is 11.3. The molecule has 0 atom stereocenters. The highest BCUT2D eigenvalue weighted by atomic mass is 16.6. The van der Waals surface area contributed by atoms with Gasteiger partial charge in [0.2, 0.25) is 0 Å². The highest BCUT2D eigenvalue weighted by Crippen LogP contribution is 2.26. The highest BCUT2D eigenvalue weighted by Gasteiger charge is 2.21. The first-order valence-corrected chi connectivity index (χ1v) is 6.45. The number of carboxylic acid groups (broad SMARTS) is 1. The Morgan fingerprint density at radius 3 is 2.68 bits per heavy atom. The van der Waals surface area contributed by atoms with Crippen molar-refractivity contribution < 1.29 is 14.8 Å². The first kappa shape index (κ1) is 13.7. The molecule has 0 bridgehead atoms. The first-order valence-electron chi connectivity index (χ1n) is 6.45. The van der Waals surface area contributed by atoms with Gasteiger partial charge in [-0.3, -0.25) is 14.7 Å². The Labute approximate surface area is 124 Å². The molecule has 1 heterocycles. The minimum atomic E-state index is -1.34. The number of nitro groups is 1. The molecule has 7 heteroatoms. The third-order valence-corrected chi connectivity index (χ3v) is 3.39. The molecule has 0 aliphatic carbocycles. The van der Waals surface area contributed by atoms with Crippen molar-refractivity contribution in [3.8, 4) is 5.69 Å². The fourth-order valence-electron chi connectivity index (χ4n) is 2.47. The maximum absolute atomic E-state index is 11.3. The van der Waals surface area contributed by atoms with Gasteiger partial charge >= 0.3 is 5.97 Å². The zero-order valence-corrected chi connectivity index (χ0v) is 11.6. The average molecular weight is 297 g/mol. The van der Waals surface area contributed by atoms with E-state index in [-0.39, 0.29) is 5.56 Å². The molecule has 3 aromatic rings. The van der Waals surface area contributed by atoms with E-state index >= 15 is 0 Å². The summed E-state index contributed by atoms with van der Waals surface area (Å²) in [6.45, 7) is 1.79. The summed E-state index contributed by atoms with van der Waals surface area (Å²) in [5.41, 5.74) is 1.33. The molecule has 3 rings (SSSR count). The Balaban J connectivity index is 2.28. The van der Waals surface area contributed by atoms with Crippen LogP contribution in [0.25, 0.3) is 16.7 Å². The number of nitrogens with zero attached hydrogens (tertiary/aromatic N) is 3. The van der Waals surface area contributed by atoms with E-state index in [1.165, 1.54) is 18.2 Å². The van der Waals surface area contributed by atoms with Crippen molar-refractivity contribution in [3.05, 3.63) is 64.0 Å². The van der Waals surface area contributed by atoms with Crippen molar-refractivity contribution >= 4 is 22.7 Å². The van der Waals surface area contributed by atoms with Gasteiger partial charge in [0.25, 0.3) is 5.69 Å². The van der Waals surface area contributed by atoms with E-state index in [2.05, 4.69) is 4.98 Å². The van der Waals surface area contributed by atoms with Gasteiger partial charge < -0.3 is 5.11 Å². The van der Waals surface area contributed by atoms with Crippen LogP contribution >= 0.6 is 0 Å². The van der Waals surface area contributed by atoms with Crippen LogP contribution in [0.3, 0.4) is 0 Å². The predicted octanol–water partition coefficient (Wildman–Crippen LogP) is 2.94. The van der Waals surface area contributed by atoms with Crippen molar-refractivity contribution in [2.24, 2.45) is 0 Å². The van der Waals surface area contributed by atoms with Gasteiger partial charge in [-0.05, 0) is 31.2 Å². The summed E-state index contributed by atoms with van der Waals surface area (Å²) in [5, 5.41) is 20.1. The molecule has 110 valence electrons. The Morgan fingerprint density at radius 1 is 1.27 bits per heavy atom. The number of imidazole rings is 1. The van der Waals surface area contributed by atoms with Gasteiger partial charge in [-0.2, -0.15) is 0 Å². The zero-order valence-electron chi connectivity index (χ0n) is 11.6. The van der Waals surface area contributed by atoms with Gasteiger partial charge in [0.05, 0.1) is 16.0 Å². The van der Waals surface area contributed by atoms with Gasteiger partial charge in [0.15, 0.2) is 0 Å². The molecule has 0 fully saturated rings.